The Bertz CT molecular complexity index is 1700. The van der Waals surface area contributed by atoms with E-state index in [0.717, 1.165) is 10.8 Å². The highest BCUT2D eigenvalue weighted by atomic mass is 19.4. The van der Waals surface area contributed by atoms with E-state index in [1.807, 2.05) is 11.9 Å². The molecule has 3 aromatic rings. The second kappa shape index (κ2) is 14.0. The van der Waals surface area contributed by atoms with Crippen LogP contribution in [0.3, 0.4) is 0 Å². The Balaban J connectivity index is 1.79. The number of halogens is 5. The molecule has 1 aliphatic rings. The fourth-order valence-electron chi connectivity index (χ4n) is 6.57. The number of carboxylic acid groups (broad SMARTS) is 1. The summed E-state index contributed by atoms with van der Waals surface area (Å²) in [5, 5.41) is 12.4. The van der Waals surface area contributed by atoms with Gasteiger partial charge in [0.15, 0.2) is 0 Å². The maximum Gasteiger partial charge on any atom is 0.416 e. The molecule has 0 bridgehead atoms. The molecule has 1 aromatic heterocycles. The van der Waals surface area contributed by atoms with Crippen LogP contribution in [0.25, 0.3) is 11.1 Å². The zero-order valence-corrected chi connectivity index (χ0v) is 27.3. The summed E-state index contributed by atoms with van der Waals surface area (Å²) in [7, 11) is 1.85. The molecule has 1 fully saturated rings. The van der Waals surface area contributed by atoms with Gasteiger partial charge in [-0.1, -0.05) is 13.8 Å². The molecule has 2 heterocycles. The van der Waals surface area contributed by atoms with Gasteiger partial charge in [0.05, 0.1) is 18.0 Å². The third kappa shape index (κ3) is 8.27. The molecule has 4 rings (SSSR count). The highest BCUT2D eigenvalue weighted by Crippen LogP contribution is 2.36. The second-order valence-electron chi connectivity index (χ2n) is 13.2. The van der Waals surface area contributed by atoms with Gasteiger partial charge < -0.3 is 19.9 Å². The first-order chi connectivity index (χ1) is 21.8. The summed E-state index contributed by atoms with van der Waals surface area (Å²) < 4.78 is 72.8. The number of aryl methyl sites for hydroxylation is 3. The molecule has 12 heteroatoms. The normalized spacial score (nSPS) is 15.4. The van der Waals surface area contributed by atoms with E-state index in [1.165, 1.54) is 25.1 Å². The van der Waals surface area contributed by atoms with E-state index in [1.54, 1.807) is 33.8 Å². The quantitative estimate of drug-likeness (QED) is 0.222. The van der Waals surface area contributed by atoms with Crippen molar-refractivity contribution < 1.29 is 36.6 Å². The van der Waals surface area contributed by atoms with Crippen molar-refractivity contribution in [1.82, 2.24) is 14.8 Å². The standard InChI is InChI=1S/C35H40F5N3O4/c1-18(2)7-29(43-17-24(11-22-15-42(6)16-22)27(13-30(43)44)35(38,39)40)34(47)41-28(14-31(45)46)26-12-23(8-21(5)33(26)37)32-19(3)9-25(36)10-20(32)4/h8-10,12-13,17-18,22,28-29H,7,11,14-16H2,1-6H3,(H,41,47)(H,45,46)/t28-,29+/m1/s1. The molecular weight excluding hydrogens is 621 g/mol. The number of carboxylic acids is 1. The topological polar surface area (TPSA) is 91.6 Å². The minimum absolute atomic E-state index is 0.0397. The Labute approximate surface area is 270 Å². The van der Waals surface area contributed by atoms with Gasteiger partial charge in [-0.25, -0.2) is 8.78 Å². The van der Waals surface area contributed by atoms with Gasteiger partial charge in [0.2, 0.25) is 5.91 Å². The zero-order chi connectivity index (χ0) is 35.0. The Morgan fingerprint density at radius 2 is 1.62 bits per heavy atom. The van der Waals surface area contributed by atoms with Crippen molar-refractivity contribution in [2.75, 3.05) is 20.1 Å². The van der Waals surface area contributed by atoms with Gasteiger partial charge in [-0.3, -0.25) is 14.4 Å². The van der Waals surface area contributed by atoms with Crippen LogP contribution in [0.1, 0.15) is 72.2 Å². The van der Waals surface area contributed by atoms with E-state index in [9.17, 15) is 37.1 Å². The number of benzene rings is 2. The Morgan fingerprint density at radius 1 is 1.00 bits per heavy atom. The fraction of sp³-hybridized carbons (Fsp3) is 0.457. The number of nitrogens with one attached hydrogen (secondary N) is 1. The minimum Gasteiger partial charge on any atom is -0.481 e. The Morgan fingerprint density at radius 3 is 2.15 bits per heavy atom. The number of alkyl halides is 3. The largest absolute Gasteiger partial charge is 0.481 e. The van der Waals surface area contributed by atoms with Crippen LogP contribution in [0, 0.1) is 44.2 Å². The lowest BCUT2D eigenvalue weighted by atomic mass is 9.90. The van der Waals surface area contributed by atoms with E-state index in [-0.39, 0.29) is 41.4 Å². The summed E-state index contributed by atoms with van der Waals surface area (Å²) >= 11 is 0. The summed E-state index contributed by atoms with van der Waals surface area (Å²) in [5.74, 6) is -3.64. The SMILES string of the molecule is Cc1cc(-c2c(C)cc(F)cc2C)cc([C@@H](CC(=O)O)NC(=O)[C@H](CC(C)C)n2cc(CC3CN(C)C3)c(C(F)(F)F)cc2=O)c1F. The van der Waals surface area contributed by atoms with Crippen LogP contribution in [-0.4, -0.2) is 46.6 Å². The predicted octanol–water partition coefficient (Wildman–Crippen LogP) is 6.76. The highest BCUT2D eigenvalue weighted by Gasteiger charge is 2.37. The molecule has 0 aliphatic carbocycles. The van der Waals surface area contributed by atoms with Gasteiger partial charge in [0, 0.05) is 30.9 Å². The van der Waals surface area contributed by atoms with Gasteiger partial charge in [0.1, 0.15) is 17.7 Å². The van der Waals surface area contributed by atoms with Crippen molar-refractivity contribution in [1.29, 1.82) is 0 Å². The number of rotatable bonds is 11. The molecule has 2 atom stereocenters. The van der Waals surface area contributed by atoms with Gasteiger partial charge >= 0.3 is 12.1 Å². The van der Waals surface area contributed by atoms with Crippen LogP contribution in [0.2, 0.25) is 0 Å². The number of amides is 1. The average molecular weight is 662 g/mol. The maximum atomic E-state index is 15.7. The van der Waals surface area contributed by atoms with E-state index >= 15 is 4.39 Å². The summed E-state index contributed by atoms with van der Waals surface area (Å²) in [6.45, 7) is 9.59. The first-order valence-corrected chi connectivity index (χ1v) is 15.5. The van der Waals surface area contributed by atoms with Gasteiger partial charge in [-0.05, 0) is 110 Å². The minimum atomic E-state index is -4.78. The molecule has 2 N–H and O–H groups in total. The van der Waals surface area contributed by atoms with Crippen molar-refractivity contribution in [3.05, 3.63) is 91.9 Å². The third-order valence-electron chi connectivity index (χ3n) is 8.59. The van der Waals surface area contributed by atoms with E-state index in [2.05, 4.69) is 5.32 Å². The molecule has 0 spiro atoms. The molecule has 2 aromatic carbocycles. The summed E-state index contributed by atoms with van der Waals surface area (Å²) in [4.78, 5) is 41.1. The molecule has 47 heavy (non-hydrogen) atoms. The van der Waals surface area contributed by atoms with E-state index < -0.39 is 59.3 Å². The molecular formula is C35H40F5N3O4. The smallest absolute Gasteiger partial charge is 0.416 e. The molecule has 0 unspecified atom stereocenters. The van der Waals surface area contributed by atoms with E-state index in [4.69, 9.17) is 0 Å². The fourth-order valence-corrected chi connectivity index (χ4v) is 6.57. The first kappa shape index (κ1) is 35.8. The number of aliphatic carboxylic acids is 1. The second-order valence-corrected chi connectivity index (χ2v) is 13.2. The van der Waals surface area contributed by atoms with Crippen LogP contribution in [0.5, 0.6) is 0 Å². The lowest BCUT2D eigenvalue weighted by molar-refractivity contribution is -0.139. The number of nitrogens with zero attached hydrogens (tertiary/aromatic N) is 2. The Hall–Kier alpha value is -4.06. The van der Waals surface area contributed by atoms with Crippen molar-refractivity contribution in [2.24, 2.45) is 11.8 Å². The summed E-state index contributed by atoms with van der Waals surface area (Å²) in [5.41, 5.74) is 0.0832. The number of likely N-dealkylation sites (tertiary alicyclic amines) is 1. The highest BCUT2D eigenvalue weighted by molar-refractivity contribution is 5.82. The number of carbonyl (C=O) groups is 2. The van der Waals surface area contributed by atoms with E-state index in [0.29, 0.717) is 41.4 Å². The summed E-state index contributed by atoms with van der Waals surface area (Å²) in [6, 6.07) is 3.42. The first-order valence-electron chi connectivity index (χ1n) is 15.5. The van der Waals surface area contributed by atoms with Gasteiger partial charge in [-0.2, -0.15) is 13.2 Å². The predicted molar refractivity (Wildman–Crippen MR) is 168 cm³/mol. The molecule has 0 radical (unpaired) electrons. The van der Waals surface area contributed by atoms with Crippen LogP contribution >= 0.6 is 0 Å². The molecule has 1 aliphatic heterocycles. The van der Waals surface area contributed by atoms with Crippen molar-refractivity contribution in [3.8, 4) is 11.1 Å². The molecule has 1 amide bonds. The lowest BCUT2D eigenvalue weighted by Crippen LogP contribution is -2.45. The number of pyridine rings is 1. The van der Waals surface area contributed by atoms with Crippen molar-refractivity contribution >= 4 is 11.9 Å². The number of carbonyl (C=O) groups excluding carboxylic acids is 1. The van der Waals surface area contributed by atoms with Crippen molar-refractivity contribution in [2.45, 2.75) is 72.1 Å². The molecule has 1 saturated heterocycles. The average Bonchev–Trinajstić information content (AvgIpc) is 2.91. The number of hydrogen-bond donors (Lipinski definition) is 2. The monoisotopic (exact) mass is 661 g/mol. The Kier molecular flexibility index (Phi) is 10.6. The maximum absolute atomic E-state index is 15.7. The zero-order valence-electron chi connectivity index (χ0n) is 27.3. The van der Waals surface area contributed by atoms with Crippen molar-refractivity contribution in [3.63, 3.8) is 0 Å². The molecule has 0 saturated carbocycles. The molecule has 254 valence electrons. The summed E-state index contributed by atoms with van der Waals surface area (Å²) in [6.07, 6.45) is -4.32. The van der Waals surface area contributed by atoms with Gasteiger partial charge in [-0.15, -0.1) is 0 Å². The molecule has 7 nitrogen and oxygen atoms in total. The lowest BCUT2D eigenvalue weighted by Gasteiger charge is -2.37. The third-order valence-corrected chi connectivity index (χ3v) is 8.59. The number of aromatic nitrogens is 1. The number of hydrogen-bond acceptors (Lipinski definition) is 4. The van der Waals surface area contributed by atoms with Crippen LogP contribution in [0.15, 0.2) is 41.3 Å². The van der Waals surface area contributed by atoms with Crippen LogP contribution in [-0.2, 0) is 22.2 Å². The van der Waals surface area contributed by atoms with Gasteiger partial charge in [0.25, 0.3) is 5.56 Å². The van der Waals surface area contributed by atoms with Crippen LogP contribution in [0.4, 0.5) is 22.0 Å². The van der Waals surface area contributed by atoms with Crippen LogP contribution < -0.4 is 10.9 Å².